The Balaban J connectivity index is 0.000000206. The normalized spacial score (nSPS) is 10.5. The Hall–Kier alpha value is -11.0. The van der Waals surface area contributed by atoms with Crippen LogP contribution in [0.4, 0.5) is 0 Å². The Morgan fingerprint density at radius 3 is 0.894 bits per heavy atom. The van der Waals surface area contributed by atoms with Crippen LogP contribution in [0, 0.1) is 98.7 Å². The summed E-state index contributed by atoms with van der Waals surface area (Å²) in [6.45, 7) is 37.2. The van der Waals surface area contributed by atoms with Crippen LogP contribution in [0.25, 0.3) is 114 Å². The van der Waals surface area contributed by atoms with E-state index in [4.69, 9.17) is 0 Å². The van der Waals surface area contributed by atoms with E-state index in [9.17, 15) is 0 Å². The first-order valence-electron chi connectivity index (χ1n) is 47.5. The molecule has 0 saturated heterocycles. The summed E-state index contributed by atoms with van der Waals surface area (Å²) < 4.78 is 13.1. The molecule has 0 N–H and O–H groups in total. The number of unbranched alkanes of at least 4 members (excludes halogenated alkanes) is 3. The van der Waals surface area contributed by atoms with E-state index in [-0.39, 0.29) is 121 Å². The molecule has 0 spiro atoms. The molecule has 0 aliphatic heterocycles. The van der Waals surface area contributed by atoms with E-state index < -0.39 is 0 Å². The average Bonchev–Trinajstić information content (AvgIpc) is 1.74. The molecule has 19 aromatic rings. The Morgan fingerprint density at radius 1 is 0.255 bits per heavy atom. The van der Waals surface area contributed by atoms with E-state index in [0.29, 0.717) is 11.8 Å². The minimum atomic E-state index is 0. The molecule has 0 atom stereocenters. The molecule has 19 rings (SSSR count). The molecule has 6 radical (unpaired) electrons. The van der Waals surface area contributed by atoms with E-state index in [1.807, 2.05) is 177 Å². The summed E-state index contributed by atoms with van der Waals surface area (Å²) in [7, 11) is 0. The Kier molecular flexibility index (Phi) is 46.4. The van der Waals surface area contributed by atoms with Gasteiger partial charge in [0.05, 0.1) is 34.9 Å². The number of rotatable bonds is 23. The molecular formula is C123H124Ir6N12-6. The van der Waals surface area contributed by atoms with Crippen LogP contribution < -0.4 is 0 Å². The van der Waals surface area contributed by atoms with Gasteiger partial charge in [0.2, 0.25) is 0 Å². The fourth-order valence-electron chi connectivity index (χ4n) is 18.0. The van der Waals surface area contributed by atoms with E-state index in [2.05, 4.69) is 369 Å². The Labute approximate surface area is 918 Å². The van der Waals surface area contributed by atoms with Crippen molar-refractivity contribution in [3.8, 4) is 114 Å². The summed E-state index contributed by atoms with van der Waals surface area (Å²) in [6.07, 6.45) is 32.8. The number of imidazole rings is 6. The van der Waals surface area contributed by atoms with E-state index in [0.717, 1.165) is 87.6 Å². The van der Waals surface area contributed by atoms with Crippen LogP contribution in [0.2, 0.25) is 0 Å². The van der Waals surface area contributed by atoms with Crippen molar-refractivity contribution in [3.63, 3.8) is 0 Å². The summed E-state index contributed by atoms with van der Waals surface area (Å²) in [5.41, 5.74) is 35.6. The van der Waals surface area contributed by atoms with Gasteiger partial charge in [-0.05, 0) is 195 Å². The van der Waals surface area contributed by atoms with Gasteiger partial charge in [0.1, 0.15) is 0 Å². The molecule has 0 unspecified atom stereocenters. The molecule has 6 heterocycles. The van der Waals surface area contributed by atoms with Crippen molar-refractivity contribution in [3.05, 3.63) is 455 Å². The first kappa shape index (κ1) is 115. The third-order valence-corrected chi connectivity index (χ3v) is 24.4. The van der Waals surface area contributed by atoms with Crippen LogP contribution >= 0.6 is 0 Å². The summed E-state index contributed by atoms with van der Waals surface area (Å²) in [5.74, 6) is 6.41. The van der Waals surface area contributed by atoms with Crippen molar-refractivity contribution in [2.75, 3.05) is 0 Å². The van der Waals surface area contributed by atoms with E-state index in [1.165, 1.54) is 161 Å². The van der Waals surface area contributed by atoms with Gasteiger partial charge in [-0.1, -0.05) is 196 Å². The SMILES string of the molecule is CC(C)c1cc(-c2ccccc2)cc(C(C)C)c1-n1ccnc1-c1[c-]cccc1.CCCCCCc1cc(C)c(-n2ccnc2-c2[c-]cccc2)c(C)c1.CCc1cccc(C)c1-n1ccnc1-c1[c-]cccc1.CCc1cccc(CC)c1-n1ccnc1-c1[c-]cccc1.Cc1c[c-]c(-c2nccn2-c2c(C)cccc2C)cc1.Cc1cc(C)c(-n2ccnc2-c2[c-]cccc2)c(C)c1.[Ir].[Ir].[Ir].[Ir].[Ir].[Ir]. The largest absolute Gasteiger partial charge is 0.340 e. The summed E-state index contributed by atoms with van der Waals surface area (Å²) >= 11 is 0. The van der Waals surface area contributed by atoms with Gasteiger partial charge in [0, 0.05) is 229 Å². The van der Waals surface area contributed by atoms with E-state index in [1.54, 1.807) is 0 Å². The topological polar surface area (TPSA) is 107 Å². The van der Waals surface area contributed by atoms with Crippen LogP contribution in [0.1, 0.15) is 176 Å². The second-order valence-corrected chi connectivity index (χ2v) is 35.0. The zero-order valence-electron chi connectivity index (χ0n) is 83.4. The van der Waals surface area contributed by atoms with Gasteiger partial charge in [-0.3, -0.25) is 29.9 Å². The van der Waals surface area contributed by atoms with Crippen molar-refractivity contribution in [2.24, 2.45) is 0 Å². The van der Waals surface area contributed by atoms with Crippen LogP contribution in [0.3, 0.4) is 0 Å². The molecule has 13 aromatic carbocycles. The van der Waals surface area contributed by atoms with Crippen molar-refractivity contribution in [2.45, 2.75) is 181 Å². The van der Waals surface area contributed by atoms with Crippen molar-refractivity contribution in [1.82, 2.24) is 57.3 Å². The number of hydrogen-bond donors (Lipinski definition) is 0. The van der Waals surface area contributed by atoms with E-state index >= 15 is 0 Å². The molecule has 736 valence electrons. The smallest absolute Gasteiger partial charge is 0.0602 e. The van der Waals surface area contributed by atoms with Crippen LogP contribution in [0.15, 0.2) is 335 Å². The predicted octanol–water partition coefficient (Wildman–Crippen LogP) is 30.5. The number of benzene rings is 13. The number of aromatic nitrogens is 12. The van der Waals surface area contributed by atoms with Crippen LogP contribution in [-0.2, 0) is 146 Å². The maximum atomic E-state index is 4.68. The van der Waals surface area contributed by atoms with Gasteiger partial charge in [0.15, 0.2) is 0 Å². The van der Waals surface area contributed by atoms with Gasteiger partial charge >= 0.3 is 0 Å². The summed E-state index contributed by atoms with van der Waals surface area (Å²) in [6, 6.07) is 110. The van der Waals surface area contributed by atoms with Gasteiger partial charge in [-0.2, -0.15) is 0 Å². The zero-order chi connectivity index (χ0) is 94.9. The molecule has 141 heavy (non-hydrogen) atoms. The second kappa shape index (κ2) is 56.8. The first-order chi connectivity index (χ1) is 65.7. The van der Waals surface area contributed by atoms with Crippen molar-refractivity contribution in [1.29, 1.82) is 0 Å². The molecule has 0 aliphatic carbocycles. The Morgan fingerprint density at radius 2 is 0.560 bits per heavy atom. The van der Waals surface area contributed by atoms with Gasteiger partial charge < -0.3 is 27.4 Å². The molecule has 0 bridgehead atoms. The fraction of sp³-hybridized carbons (Fsp3) is 0.220. The molecule has 0 saturated carbocycles. The first-order valence-corrected chi connectivity index (χ1v) is 47.5. The van der Waals surface area contributed by atoms with Crippen molar-refractivity contribution >= 4 is 0 Å². The zero-order valence-corrected chi connectivity index (χ0v) is 97.8. The Bertz CT molecular complexity index is 6900. The van der Waals surface area contributed by atoms with Gasteiger partial charge in [0.25, 0.3) is 0 Å². The number of aryl methyl sites for hydroxylation is 13. The third kappa shape index (κ3) is 28.8. The summed E-state index contributed by atoms with van der Waals surface area (Å²) in [5, 5.41) is 0. The molecule has 6 aromatic heterocycles. The quantitative estimate of drug-likeness (QED) is 0.0466. The average molecular weight is 2920 g/mol. The van der Waals surface area contributed by atoms with Crippen molar-refractivity contribution < 1.29 is 121 Å². The molecule has 12 nitrogen and oxygen atoms in total. The number of nitrogens with zero attached hydrogens (tertiary/aromatic N) is 12. The minimum absolute atomic E-state index is 0. The monoisotopic (exact) mass is 2930 g/mol. The predicted molar refractivity (Wildman–Crippen MR) is 559 cm³/mol. The molecule has 0 aliphatic rings. The second-order valence-electron chi connectivity index (χ2n) is 35.0. The van der Waals surface area contributed by atoms with Crippen LogP contribution in [-0.4, -0.2) is 57.3 Å². The standard InChI is InChI=1S/C27H27N2.C23H27N2.C19H19N2.3C18H17N2.6Ir/c1-19(2)24-17-23(21-11-7-5-8-12-21)18-25(20(3)4)26(24)29-16-15-28-27(29)22-13-9-6-10-14-22;1-4-5-6-8-11-20-16-18(2)22(19(3)17-20)25-15-14-24-23(25)21-12-9-7-10-13-21;1-3-15-11-8-12-16(4-2)18(15)21-14-13-20-19(21)17-9-6-5-7-10-17;1-13-7-9-16(10-8-13)18-19-11-12-20(18)17-14(2)5-4-6-15(17)3;1-13-11-14(2)17(15(3)12-13)20-10-9-19-18(20)16-7-5-4-6-8-16;1-3-15-11-7-8-14(2)17(15)20-13-12-19-18(20)16-9-5-4-6-10-16;;;;;;/h5-13,15-20H,1-4H3;7,9-10,12,14-17H,4-6,8,11H2,1-3H3;5-9,11-14H,3-4H2,1-2H3;4-9,11-12H,1-3H3;4-7,9-12H,1-3H3;4-9,11-13H,3H2,1-2H3;;;;;;/q6*-1;;;;;;. The minimum Gasteiger partial charge on any atom is -0.340 e. The maximum absolute atomic E-state index is 4.68. The molecule has 0 fully saturated rings. The van der Waals surface area contributed by atoms with Gasteiger partial charge in [-0.15, -0.1) is 215 Å². The number of para-hydroxylation sites is 3. The maximum Gasteiger partial charge on any atom is 0.0602 e. The third-order valence-electron chi connectivity index (χ3n) is 24.4. The summed E-state index contributed by atoms with van der Waals surface area (Å²) in [4.78, 5) is 27.3. The van der Waals surface area contributed by atoms with Crippen LogP contribution in [0.5, 0.6) is 0 Å². The van der Waals surface area contributed by atoms with Gasteiger partial charge in [-0.25, -0.2) is 0 Å². The fourth-order valence-corrected chi connectivity index (χ4v) is 18.0. The molecule has 0 amide bonds. The molecule has 18 heteroatoms. The molecular weight excluding hydrogens is 2800 g/mol. The number of hydrogen-bond acceptors (Lipinski definition) is 6.